The summed E-state index contributed by atoms with van der Waals surface area (Å²) in [5.41, 5.74) is 6.59. The van der Waals surface area contributed by atoms with Gasteiger partial charge in [-0.3, -0.25) is 0 Å². The smallest absolute Gasteiger partial charge is 0.345 e. The van der Waals surface area contributed by atoms with Gasteiger partial charge in [0.15, 0.2) is 5.13 Å². The summed E-state index contributed by atoms with van der Waals surface area (Å²) in [6.45, 7) is 0. The highest BCUT2D eigenvalue weighted by atomic mass is 32.1. The molecule has 0 spiro atoms. The third-order valence-electron chi connectivity index (χ3n) is 2.74. The van der Waals surface area contributed by atoms with Crippen LogP contribution in [0.2, 0.25) is 0 Å². The minimum Gasteiger partial charge on any atom is -0.497 e. The van der Waals surface area contributed by atoms with Gasteiger partial charge in [-0.1, -0.05) is 0 Å². The van der Waals surface area contributed by atoms with Crippen molar-refractivity contribution in [2.24, 2.45) is 0 Å². The first-order valence-electron chi connectivity index (χ1n) is 5.50. The predicted molar refractivity (Wildman–Crippen MR) is 74.6 cm³/mol. The van der Waals surface area contributed by atoms with Gasteiger partial charge in [0.1, 0.15) is 11.3 Å². The summed E-state index contributed by atoms with van der Waals surface area (Å²) in [6.07, 6.45) is 0. The molecule has 96 valence electrons. The van der Waals surface area contributed by atoms with Crippen molar-refractivity contribution in [1.82, 2.24) is 4.98 Å². The molecule has 0 aliphatic carbocycles. The number of hydrogen-bond donors (Lipinski definition) is 1. The highest BCUT2D eigenvalue weighted by molar-refractivity contribution is 7.13. The van der Waals surface area contributed by atoms with Crippen LogP contribution in [0.1, 0.15) is 0 Å². The van der Waals surface area contributed by atoms with Gasteiger partial charge in [-0.2, -0.15) is 0 Å². The van der Waals surface area contributed by atoms with Gasteiger partial charge in [0, 0.05) is 10.8 Å². The highest BCUT2D eigenvalue weighted by Gasteiger charge is 2.11. The van der Waals surface area contributed by atoms with Crippen molar-refractivity contribution in [3.05, 3.63) is 40.1 Å². The Balaban J connectivity index is 2.25. The zero-order valence-corrected chi connectivity index (χ0v) is 10.9. The maximum Gasteiger partial charge on any atom is 0.345 e. The summed E-state index contributed by atoms with van der Waals surface area (Å²) in [5, 5.41) is 2.92. The number of ether oxygens (including phenoxy) is 1. The molecular weight excluding hydrogens is 264 g/mol. The number of nitrogen functional groups attached to an aromatic ring is 1. The van der Waals surface area contributed by atoms with Crippen LogP contribution in [-0.2, 0) is 0 Å². The number of nitrogens with two attached hydrogens (primary N) is 1. The molecule has 0 aliphatic rings. The summed E-state index contributed by atoms with van der Waals surface area (Å²) in [5.74, 6) is 0.699. The first-order chi connectivity index (χ1) is 9.17. The molecule has 0 saturated carbocycles. The molecule has 0 unspecified atom stereocenters. The van der Waals surface area contributed by atoms with Crippen molar-refractivity contribution in [2.75, 3.05) is 12.8 Å². The number of methoxy groups -OCH3 is 1. The second-order valence-electron chi connectivity index (χ2n) is 3.92. The summed E-state index contributed by atoms with van der Waals surface area (Å²) in [6, 6.07) is 6.98. The molecule has 3 aromatic rings. The number of fused-ring (bicyclic) bond motifs is 1. The molecule has 0 aliphatic heterocycles. The van der Waals surface area contributed by atoms with Crippen LogP contribution in [0.4, 0.5) is 5.13 Å². The minimum atomic E-state index is -0.428. The van der Waals surface area contributed by atoms with Crippen molar-refractivity contribution in [2.45, 2.75) is 0 Å². The predicted octanol–water partition coefficient (Wildman–Crippen LogP) is 2.51. The zero-order chi connectivity index (χ0) is 13.4. The minimum absolute atomic E-state index is 0.397. The Morgan fingerprint density at radius 2 is 2.21 bits per heavy atom. The molecule has 6 heteroatoms. The molecule has 0 radical (unpaired) electrons. The molecule has 5 nitrogen and oxygen atoms in total. The molecule has 0 bridgehead atoms. The van der Waals surface area contributed by atoms with Gasteiger partial charge in [0.2, 0.25) is 0 Å². The highest BCUT2D eigenvalue weighted by Crippen LogP contribution is 2.25. The van der Waals surface area contributed by atoms with Gasteiger partial charge in [-0.25, -0.2) is 9.78 Å². The number of hydrogen-bond acceptors (Lipinski definition) is 6. The fourth-order valence-corrected chi connectivity index (χ4v) is 2.38. The Morgan fingerprint density at radius 1 is 1.37 bits per heavy atom. The van der Waals surface area contributed by atoms with Gasteiger partial charge in [0.05, 0.1) is 18.4 Å². The average molecular weight is 274 g/mol. The molecule has 2 aromatic heterocycles. The number of rotatable bonds is 2. The maximum atomic E-state index is 11.9. The Labute approximate surface area is 112 Å². The number of thiazole rings is 1. The van der Waals surface area contributed by atoms with E-state index in [2.05, 4.69) is 4.98 Å². The largest absolute Gasteiger partial charge is 0.497 e. The van der Waals surface area contributed by atoms with E-state index in [0.717, 1.165) is 5.39 Å². The van der Waals surface area contributed by atoms with E-state index in [1.54, 1.807) is 36.8 Å². The summed E-state index contributed by atoms with van der Waals surface area (Å²) in [7, 11) is 1.59. The van der Waals surface area contributed by atoms with Crippen molar-refractivity contribution in [1.29, 1.82) is 0 Å². The molecule has 2 heterocycles. The van der Waals surface area contributed by atoms with E-state index in [-0.39, 0.29) is 0 Å². The van der Waals surface area contributed by atoms with E-state index < -0.39 is 5.63 Å². The SMILES string of the molecule is COc1ccc2oc(=O)c(-c3csc(N)n3)cc2c1. The van der Waals surface area contributed by atoms with E-state index >= 15 is 0 Å². The van der Waals surface area contributed by atoms with E-state index in [4.69, 9.17) is 14.9 Å². The number of nitrogens with zero attached hydrogens (tertiary/aromatic N) is 1. The maximum absolute atomic E-state index is 11.9. The lowest BCUT2D eigenvalue weighted by molar-refractivity contribution is 0.415. The lowest BCUT2D eigenvalue weighted by Crippen LogP contribution is -2.03. The molecule has 19 heavy (non-hydrogen) atoms. The van der Waals surface area contributed by atoms with Crippen molar-refractivity contribution < 1.29 is 9.15 Å². The van der Waals surface area contributed by atoms with Crippen LogP contribution in [-0.4, -0.2) is 12.1 Å². The Kier molecular flexibility index (Phi) is 2.72. The lowest BCUT2D eigenvalue weighted by atomic mass is 10.1. The fraction of sp³-hybridized carbons (Fsp3) is 0.0769. The lowest BCUT2D eigenvalue weighted by Gasteiger charge is -2.02. The zero-order valence-electron chi connectivity index (χ0n) is 10.0. The number of anilines is 1. The van der Waals surface area contributed by atoms with Crippen LogP contribution >= 0.6 is 11.3 Å². The molecule has 0 fully saturated rings. The second-order valence-corrected chi connectivity index (χ2v) is 4.81. The van der Waals surface area contributed by atoms with Gasteiger partial charge < -0.3 is 14.9 Å². The molecule has 3 rings (SSSR count). The fourth-order valence-electron chi connectivity index (χ4n) is 1.82. The van der Waals surface area contributed by atoms with E-state index in [1.807, 2.05) is 0 Å². The third kappa shape index (κ3) is 2.06. The van der Waals surface area contributed by atoms with Gasteiger partial charge in [-0.05, 0) is 24.3 Å². The van der Waals surface area contributed by atoms with Crippen molar-refractivity contribution in [3.8, 4) is 17.0 Å². The monoisotopic (exact) mass is 274 g/mol. The first kappa shape index (κ1) is 11.7. The quantitative estimate of drug-likeness (QED) is 0.726. The van der Waals surface area contributed by atoms with Crippen LogP contribution in [0.25, 0.3) is 22.2 Å². The van der Waals surface area contributed by atoms with Crippen LogP contribution < -0.4 is 16.1 Å². The second kappa shape index (κ2) is 4.40. The molecule has 0 saturated heterocycles. The van der Waals surface area contributed by atoms with Gasteiger partial charge in [-0.15, -0.1) is 11.3 Å². The summed E-state index contributed by atoms with van der Waals surface area (Å²) in [4.78, 5) is 16.0. The Bertz CT molecular complexity index is 807. The number of aromatic nitrogens is 1. The van der Waals surface area contributed by atoms with Gasteiger partial charge in [0.25, 0.3) is 0 Å². The van der Waals surface area contributed by atoms with Crippen LogP contribution in [0.5, 0.6) is 5.75 Å². The van der Waals surface area contributed by atoms with E-state index in [1.165, 1.54) is 11.3 Å². The average Bonchev–Trinajstić information content (AvgIpc) is 2.84. The van der Waals surface area contributed by atoms with Crippen molar-refractivity contribution in [3.63, 3.8) is 0 Å². The van der Waals surface area contributed by atoms with Crippen LogP contribution in [0.15, 0.2) is 38.9 Å². The van der Waals surface area contributed by atoms with Crippen LogP contribution in [0, 0.1) is 0 Å². The summed E-state index contributed by atoms with van der Waals surface area (Å²) < 4.78 is 10.4. The van der Waals surface area contributed by atoms with Crippen molar-refractivity contribution >= 4 is 27.4 Å². The Morgan fingerprint density at radius 3 is 2.89 bits per heavy atom. The first-order valence-corrected chi connectivity index (χ1v) is 6.38. The molecule has 0 amide bonds. The third-order valence-corrected chi connectivity index (χ3v) is 3.41. The molecule has 2 N–H and O–H groups in total. The van der Waals surface area contributed by atoms with Crippen LogP contribution in [0.3, 0.4) is 0 Å². The standard InChI is InChI=1S/C13H10N2O3S/c1-17-8-2-3-11-7(4-8)5-9(12(16)18-11)10-6-19-13(14)15-10/h2-6H,1H3,(H2,14,15). The normalized spacial score (nSPS) is 10.8. The summed E-state index contributed by atoms with van der Waals surface area (Å²) >= 11 is 1.28. The van der Waals surface area contributed by atoms with E-state index in [9.17, 15) is 4.79 Å². The van der Waals surface area contributed by atoms with E-state index in [0.29, 0.717) is 27.7 Å². The topological polar surface area (TPSA) is 78.3 Å². The molecular formula is C13H10N2O3S. The molecule has 0 atom stereocenters. The number of benzene rings is 1. The Hall–Kier alpha value is -2.34. The molecule has 1 aromatic carbocycles. The van der Waals surface area contributed by atoms with Gasteiger partial charge >= 0.3 is 5.63 Å².